The molecule has 2 atom stereocenters. The van der Waals surface area contributed by atoms with Gasteiger partial charge in [0.05, 0.1) is 11.4 Å². The highest BCUT2D eigenvalue weighted by molar-refractivity contribution is 5.63. The van der Waals surface area contributed by atoms with Crippen LogP contribution in [0.25, 0.3) is 16.9 Å². The molecule has 150 valence electrons. The Morgan fingerprint density at radius 1 is 1.10 bits per heavy atom. The highest BCUT2D eigenvalue weighted by atomic mass is 19.1. The third kappa shape index (κ3) is 3.83. The number of fused-ring (bicyclic) bond motifs is 1. The Morgan fingerprint density at radius 2 is 1.90 bits per heavy atom. The molecule has 6 heteroatoms. The predicted octanol–water partition coefficient (Wildman–Crippen LogP) is 3.29. The summed E-state index contributed by atoms with van der Waals surface area (Å²) in [5.74, 6) is 0.418. The van der Waals surface area contributed by atoms with Crippen LogP contribution in [0.3, 0.4) is 0 Å². The van der Waals surface area contributed by atoms with Gasteiger partial charge in [-0.05, 0) is 49.7 Å². The summed E-state index contributed by atoms with van der Waals surface area (Å²) in [4.78, 5) is 2.51. The fourth-order valence-electron chi connectivity index (χ4n) is 4.42. The van der Waals surface area contributed by atoms with Gasteiger partial charge in [-0.1, -0.05) is 17.7 Å². The fraction of sp³-hybridized carbons (Fsp3) is 0.348. The molecule has 3 aromatic rings. The molecule has 1 aromatic heterocycles. The van der Waals surface area contributed by atoms with E-state index in [1.54, 1.807) is 0 Å². The van der Waals surface area contributed by atoms with Crippen LogP contribution in [0, 0.1) is 18.7 Å². The number of benzene rings is 2. The van der Waals surface area contributed by atoms with Crippen molar-refractivity contribution in [3.8, 4) is 16.9 Å². The van der Waals surface area contributed by atoms with E-state index in [1.807, 2.05) is 16.8 Å². The molecule has 2 aromatic carbocycles. The minimum Gasteiger partial charge on any atom is -0.298 e. The number of rotatable bonds is 4. The topological polar surface area (TPSA) is 45.1 Å². The molecule has 0 spiro atoms. The summed E-state index contributed by atoms with van der Waals surface area (Å²) in [5, 5.41) is 4.88. The lowest BCUT2D eigenvalue weighted by molar-refractivity contribution is 0.161. The molecular formula is C23H26FN5. The first-order valence-corrected chi connectivity index (χ1v) is 10.3. The number of piperidine rings is 1. The number of halogens is 1. The molecule has 2 unspecified atom stereocenters. The van der Waals surface area contributed by atoms with Gasteiger partial charge in [0.2, 0.25) is 0 Å². The summed E-state index contributed by atoms with van der Waals surface area (Å²) in [7, 11) is 0. The quantitative estimate of drug-likeness (QED) is 0.717. The average Bonchev–Trinajstić information content (AvgIpc) is 3.36. The number of aryl methyl sites for hydroxylation is 1. The molecule has 0 saturated carbocycles. The lowest BCUT2D eigenvalue weighted by Gasteiger charge is -2.34. The molecule has 3 heterocycles. The predicted molar refractivity (Wildman–Crippen MR) is 112 cm³/mol. The number of hydrogen-bond donors (Lipinski definition) is 2. The Hall–Kier alpha value is -2.54. The number of hydrazine groups is 1. The smallest absolute Gasteiger partial charge is 0.123 e. The highest BCUT2D eigenvalue weighted by Gasteiger charge is 2.33. The first-order chi connectivity index (χ1) is 14.2. The van der Waals surface area contributed by atoms with Crippen LogP contribution in [0.5, 0.6) is 0 Å². The van der Waals surface area contributed by atoms with Gasteiger partial charge in [0.25, 0.3) is 0 Å². The number of hydrogen-bond acceptors (Lipinski definition) is 4. The van der Waals surface area contributed by atoms with Gasteiger partial charge in [-0.3, -0.25) is 15.8 Å². The van der Waals surface area contributed by atoms with Crippen LogP contribution < -0.4 is 10.9 Å². The normalized spacial score (nSPS) is 22.0. The van der Waals surface area contributed by atoms with Crippen molar-refractivity contribution in [3.63, 3.8) is 0 Å². The Labute approximate surface area is 170 Å². The first-order valence-electron chi connectivity index (χ1n) is 10.3. The van der Waals surface area contributed by atoms with Crippen molar-refractivity contribution in [2.75, 3.05) is 19.6 Å². The zero-order valence-electron chi connectivity index (χ0n) is 16.6. The summed E-state index contributed by atoms with van der Waals surface area (Å²) in [6.45, 7) is 6.09. The first kappa shape index (κ1) is 18.5. The van der Waals surface area contributed by atoms with Gasteiger partial charge in [-0.15, -0.1) is 0 Å². The summed E-state index contributed by atoms with van der Waals surface area (Å²) in [6.07, 6.45) is 3.27. The summed E-state index contributed by atoms with van der Waals surface area (Å²) < 4.78 is 15.4. The molecule has 5 rings (SSSR count). The maximum Gasteiger partial charge on any atom is 0.123 e. The van der Waals surface area contributed by atoms with Gasteiger partial charge in [-0.25, -0.2) is 9.07 Å². The average molecular weight is 391 g/mol. The van der Waals surface area contributed by atoms with Gasteiger partial charge >= 0.3 is 0 Å². The molecule has 2 aliphatic rings. The second-order valence-electron chi connectivity index (χ2n) is 8.21. The van der Waals surface area contributed by atoms with Crippen molar-refractivity contribution in [2.45, 2.75) is 25.9 Å². The van der Waals surface area contributed by atoms with E-state index >= 15 is 0 Å². The standard InChI is InChI=1S/C23H26FN5/c1-16-2-8-21(9-3-16)29-15-19(23(27-29)17-4-6-20(24)7-5-17)14-28-11-10-22-18(13-28)12-25-26-22/h2-9,15,18,22,25-26H,10-14H2,1H3. The maximum absolute atomic E-state index is 13.5. The van der Waals surface area contributed by atoms with E-state index in [9.17, 15) is 4.39 Å². The van der Waals surface area contributed by atoms with Gasteiger partial charge in [0.1, 0.15) is 5.82 Å². The minimum atomic E-state index is -0.225. The van der Waals surface area contributed by atoms with Crippen LogP contribution in [-0.4, -0.2) is 40.4 Å². The number of likely N-dealkylation sites (tertiary alicyclic amines) is 1. The lowest BCUT2D eigenvalue weighted by Crippen LogP contribution is -2.44. The molecule has 0 amide bonds. The van der Waals surface area contributed by atoms with Crippen LogP contribution in [0.1, 0.15) is 17.5 Å². The zero-order valence-corrected chi connectivity index (χ0v) is 16.6. The molecular weight excluding hydrogens is 365 g/mol. The Morgan fingerprint density at radius 3 is 2.69 bits per heavy atom. The van der Waals surface area contributed by atoms with Gasteiger partial charge < -0.3 is 0 Å². The number of nitrogens with zero attached hydrogens (tertiary/aromatic N) is 3. The van der Waals surface area contributed by atoms with Crippen LogP contribution in [0.4, 0.5) is 4.39 Å². The minimum absolute atomic E-state index is 0.225. The van der Waals surface area contributed by atoms with E-state index in [4.69, 9.17) is 5.10 Å². The van der Waals surface area contributed by atoms with Crippen LogP contribution in [0.15, 0.2) is 54.7 Å². The second kappa shape index (κ2) is 7.71. The van der Waals surface area contributed by atoms with Crippen LogP contribution in [-0.2, 0) is 6.54 Å². The molecule has 0 aliphatic carbocycles. The van der Waals surface area contributed by atoms with Crippen molar-refractivity contribution >= 4 is 0 Å². The zero-order chi connectivity index (χ0) is 19.8. The van der Waals surface area contributed by atoms with E-state index in [-0.39, 0.29) is 5.82 Å². The Kier molecular flexibility index (Phi) is 4.91. The lowest BCUT2D eigenvalue weighted by atomic mass is 9.94. The van der Waals surface area contributed by atoms with Gasteiger partial charge in [-0.2, -0.15) is 5.10 Å². The monoisotopic (exact) mass is 391 g/mol. The molecule has 2 saturated heterocycles. The van der Waals surface area contributed by atoms with E-state index in [0.717, 1.165) is 49.5 Å². The SMILES string of the molecule is Cc1ccc(-n2cc(CN3CCC4NNCC4C3)c(-c3ccc(F)cc3)n2)cc1. The van der Waals surface area contributed by atoms with E-state index < -0.39 is 0 Å². The number of nitrogens with one attached hydrogen (secondary N) is 2. The van der Waals surface area contributed by atoms with E-state index in [0.29, 0.717) is 12.0 Å². The Balaban J connectivity index is 1.46. The molecule has 0 radical (unpaired) electrons. The third-order valence-corrected chi connectivity index (χ3v) is 6.07. The summed E-state index contributed by atoms with van der Waals surface area (Å²) in [5.41, 5.74) is 12.0. The van der Waals surface area contributed by atoms with Crippen molar-refractivity contribution in [1.29, 1.82) is 0 Å². The molecule has 2 fully saturated rings. The van der Waals surface area contributed by atoms with Crippen molar-refractivity contribution in [2.24, 2.45) is 5.92 Å². The fourth-order valence-corrected chi connectivity index (χ4v) is 4.42. The van der Waals surface area contributed by atoms with Crippen molar-refractivity contribution in [1.82, 2.24) is 25.5 Å². The van der Waals surface area contributed by atoms with Crippen LogP contribution >= 0.6 is 0 Å². The molecule has 5 nitrogen and oxygen atoms in total. The van der Waals surface area contributed by atoms with Crippen LogP contribution in [0.2, 0.25) is 0 Å². The van der Waals surface area contributed by atoms with E-state index in [2.05, 4.69) is 53.1 Å². The molecule has 29 heavy (non-hydrogen) atoms. The highest BCUT2D eigenvalue weighted by Crippen LogP contribution is 2.28. The number of aromatic nitrogens is 2. The third-order valence-electron chi connectivity index (χ3n) is 6.07. The maximum atomic E-state index is 13.5. The molecule has 2 aliphatic heterocycles. The molecule has 2 N–H and O–H groups in total. The second-order valence-corrected chi connectivity index (χ2v) is 8.21. The Bertz CT molecular complexity index is 980. The van der Waals surface area contributed by atoms with Gasteiger partial charge in [0, 0.05) is 55.5 Å². The van der Waals surface area contributed by atoms with Gasteiger partial charge in [0.15, 0.2) is 0 Å². The van der Waals surface area contributed by atoms with E-state index in [1.165, 1.54) is 23.3 Å². The summed E-state index contributed by atoms with van der Waals surface area (Å²) >= 11 is 0. The largest absolute Gasteiger partial charge is 0.298 e. The summed E-state index contributed by atoms with van der Waals surface area (Å²) in [6, 6.07) is 15.6. The van der Waals surface area contributed by atoms with Crippen molar-refractivity contribution < 1.29 is 4.39 Å². The molecule has 0 bridgehead atoms. The van der Waals surface area contributed by atoms with Crippen molar-refractivity contribution in [3.05, 3.63) is 71.7 Å².